The Morgan fingerprint density at radius 2 is 2.03 bits per heavy atom. The van der Waals surface area contributed by atoms with E-state index in [9.17, 15) is 9.18 Å². The maximum absolute atomic E-state index is 14.4. The summed E-state index contributed by atoms with van der Waals surface area (Å²) < 4.78 is 19.7. The number of methoxy groups -OCH3 is 1. The summed E-state index contributed by atoms with van der Waals surface area (Å²) >= 11 is 8.12. The first kappa shape index (κ1) is 20.6. The number of halogens is 2. The van der Waals surface area contributed by atoms with E-state index in [4.69, 9.17) is 16.3 Å². The van der Waals surface area contributed by atoms with Gasteiger partial charge in [0, 0.05) is 23.4 Å². The van der Waals surface area contributed by atoms with Gasteiger partial charge in [-0.05, 0) is 41.8 Å². The number of benzene rings is 2. The van der Waals surface area contributed by atoms with Gasteiger partial charge < -0.3 is 4.74 Å². The molecule has 160 valence electrons. The lowest BCUT2D eigenvalue weighted by atomic mass is 10.0. The summed E-state index contributed by atoms with van der Waals surface area (Å²) in [5, 5.41) is 8.99. The Balaban J connectivity index is 1.60. The third-order valence-corrected chi connectivity index (χ3v) is 6.61. The highest BCUT2D eigenvalue weighted by Crippen LogP contribution is 2.39. The van der Waals surface area contributed by atoms with Crippen LogP contribution in [0.1, 0.15) is 33.3 Å². The molecule has 0 bridgehead atoms. The molecule has 0 radical (unpaired) electrons. The molecular weight excluding hydrogens is 449 g/mol. The van der Waals surface area contributed by atoms with E-state index < -0.39 is 17.8 Å². The van der Waals surface area contributed by atoms with Crippen molar-refractivity contribution >= 4 is 45.5 Å². The van der Waals surface area contributed by atoms with Crippen molar-refractivity contribution in [1.82, 2.24) is 9.99 Å². The fourth-order valence-corrected chi connectivity index (χ4v) is 4.78. The molecule has 1 atom stereocenters. The largest absolute Gasteiger partial charge is 0.497 e. The van der Waals surface area contributed by atoms with Crippen molar-refractivity contribution in [3.05, 3.63) is 93.0 Å². The van der Waals surface area contributed by atoms with Crippen molar-refractivity contribution in [3.8, 4) is 5.75 Å². The van der Waals surface area contributed by atoms with Crippen LogP contribution in [-0.2, 0) is 0 Å². The zero-order chi connectivity index (χ0) is 22.2. The Bertz CT molecular complexity index is 1360. The Hall–Kier alpha value is -3.29. The van der Waals surface area contributed by atoms with E-state index in [1.807, 2.05) is 35.7 Å². The zero-order valence-electron chi connectivity index (χ0n) is 17.0. The first-order valence-electron chi connectivity index (χ1n) is 9.89. The highest BCUT2D eigenvalue weighted by Gasteiger charge is 2.36. The average molecular weight is 466 g/mol. The van der Waals surface area contributed by atoms with Gasteiger partial charge in [0.15, 0.2) is 0 Å². The van der Waals surface area contributed by atoms with E-state index in [-0.39, 0.29) is 10.7 Å². The Kier molecular flexibility index (Phi) is 5.36. The molecule has 1 aliphatic rings. The summed E-state index contributed by atoms with van der Waals surface area (Å²) in [4.78, 5) is 18.8. The molecule has 0 N–H and O–H groups in total. The van der Waals surface area contributed by atoms with E-state index >= 15 is 0 Å². The molecule has 32 heavy (non-hydrogen) atoms. The van der Waals surface area contributed by atoms with E-state index in [2.05, 4.69) is 10.1 Å². The fourth-order valence-electron chi connectivity index (χ4n) is 3.79. The number of carbonyl (C=O) groups excluding carboxylic acids is 1. The molecule has 5 nitrogen and oxygen atoms in total. The van der Waals surface area contributed by atoms with Crippen molar-refractivity contribution in [1.29, 1.82) is 0 Å². The molecule has 0 saturated carbocycles. The predicted octanol–water partition coefficient (Wildman–Crippen LogP) is 6.09. The molecule has 2 aromatic carbocycles. The van der Waals surface area contributed by atoms with Crippen molar-refractivity contribution in [2.75, 3.05) is 7.11 Å². The number of aromatic nitrogens is 1. The summed E-state index contributed by atoms with van der Waals surface area (Å²) in [5.74, 6) is -0.439. The van der Waals surface area contributed by atoms with Gasteiger partial charge in [0.2, 0.25) is 0 Å². The Morgan fingerprint density at radius 3 is 2.78 bits per heavy atom. The second kappa shape index (κ2) is 8.33. The lowest BCUT2D eigenvalue weighted by Gasteiger charge is -2.23. The van der Waals surface area contributed by atoms with Gasteiger partial charge in [-0.15, -0.1) is 11.3 Å². The zero-order valence-corrected chi connectivity index (χ0v) is 18.5. The van der Waals surface area contributed by atoms with Crippen LogP contribution < -0.4 is 4.74 Å². The topological polar surface area (TPSA) is 54.8 Å². The van der Waals surface area contributed by atoms with Gasteiger partial charge in [-0.25, -0.2) is 14.4 Å². The number of hydrazone groups is 1. The summed E-state index contributed by atoms with van der Waals surface area (Å²) in [7, 11) is 1.59. The van der Waals surface area contributed by atoms with Crippen LogP contribution in [0.4, 0.5) is 4.39 Å². The second-order valence-electron chi connectivity index (χ2n) is 7.30. The Labute approximate surface area is 192 Å². The number of amides is 1. The summed E-state index contributed by atoms with van der Waals surface area (Å²) in [6.45, 7) is 0. The molecule has 1 amide bonds. The lowest BCUT2D eigenvalue weighted by molar-refractivity contribution is 0.0706. The number of pyridine rings is 1. The third-order valence-electron chi connectivity index (χ3n) is 5.39. The van der Waals surface area contributed by atoms with Gasteiger partial charge in [0.25, 0.3) is 5.91 Å². The van der Waals surface area contributed by atoms with E-state index in [1.54, 1.807) is 25.3 Å². The number of hydrogen-bond acceptors (Lipinski definition) is 5. The van der Waals surface area contributed by atoms with Crippen molar-refractivity contribution in [2.45, 2.75) is 12.5 Å². The van der Waals surface area contributed by atoms with Crippen molar-refractivity contribution < 1.29 is 13.9 Å². The first-order valence-corrected chi connectivity index (χ1v) is 11.1. The minimum Gasteiger partial charge on any atom is -0.497 e. The first-order chi connectivity index (χ1) is 15.5. The number of carbonyl (C=O) groups is 1. The van der Waals surface area contributed by atoms with Crippen LogP contribution in [0.3, 0.4) is 0 Å². The smallest absolute Gasteiger partial charge is 0.277 e. The standard InChI is InChI=1S/C24H17ClFN3O2S/c1-31-15-9-8-14-11-17(23(25)27-19(14)12-15)21-13-20(22-7-4-10-32-22)28-29(21)24(30)16-5-2-3-6-18(16)26/h2-12,21H,13H2,1H3. The number of fused-ring (bicyclic) bond motifs is 1. The SMILES string of the molecule is COc1ccc2cc(C3CC(c4cccs4)=NN3C(=O)c3ccccc3F)c(Cl)nc2c1. The fraction of sp³-hybridized carbons (Fsp3) is 0.125. The minimum absolute atomic E-state index is 0.0386. The molecule has 5 rings (SSSR count). The molecule has 1 unspecified atom stereocenters. The molecule has 8 heteroatoms. The quantitative estimate of drug-likeness (QED) is 0.343. The van der Waals surface area contributed by atoms with Gasteiger partial charge >= 0.3 is 0 Å². The Morgan fingerprint density at radius 1 is 1.19 bits per heavy atom. The maximum atomic E-state index is 14.4. The van der Waals surface area contributed by atoms with Crippen LogP contribution in [0.15, 0.2) is 71.1 Å². The van der Waals surface area contributed by atoms with Gasteiger partial charge in [-0.3, -0.25) is 4.79 Å². The van der Waals surface area contributed by atoms with Crippen LogP contribution >= 0.6 is 22.9 Å². The summed E-state index contributed by atoms with van der Waals surface area (Å²) in [6, 6.07) is 16.7. The van der Waals surface area contributed by atoms with E-state index in [0.717, 1.165) is 16.0 Å². The lowest BCUT2D eigenvalue weighted by Crippen LogP contribution is -2.28. The molecule has 2 aromatic heterocycles. The highest BCUT2D eigenvalue weighted by molar-refractivity contribution is 7.12. The highest BCUT2D eigenvalue weighted by atomic mass is 35.5. The van der Waals surface area contributed by atoms with E-state index in [1.165, 1.54) is 28.5 Å². The number of ether oxygens (including phenoxy) is 1. The molecule has 3 heterocycles. The normalized spacial score (nSPS) is 15.8. The number of nitrogens with zero attached hydrogens (tertiary/aromatic N) is 3. The monoisotopic (exact) mass is 465 g/mol. The molecule has 0 spiro atoms. The van der Waals surface area contributed by atoms with E-state index in [0.29, 0.717) is 23.3 Å². The second-order valence-corrected chi connectivity index (χ2v) is 8.61. The van der Waals surface area contributed by atoms with Crippen LogP contribution in [-0.4, -0.2) is 28.7 Å². The third kappa shape index (κ3) is 3.63. The molecule has 0 fully saturated rings. The maximum Gasteiger partial charge on any atom is 0.277 e. The molecule has 0 aliphatic carbocycles. The number of hydrogen-bond donors (Lipinski definition) is 0. The minimum atomic E-state index is -0.592. The van der Waals surface area contributed by atoms with Crippen LogP contribution in [0.2, 0.25) is 5.15 Å². The van der Waals surface area contributed by atoms with Gasteiger partial charge in [-0.2, -0.15) is 5.10 Å². The van der Waals surface area contributed by atoms with Gasteiger partial charge in [0.05, 0.1) is 34.8 Å². The molecule has 0 saturated heterocycles. The predicted molar refractivity (Wildman–Crippen MR) is 124 cm³/mol. The molecule has 4 aromatic rings. The van der Waals surface area contributed by atoms with Crippen LogP contribution in [0, 0.1) is 5.82 Å². The average Bonchev–Trinajstić information content (AvgIpc) is 3.48. The number of rotatable bonds is 4. The molecular formula is C24H17ClFN3O2S. The van der Waals surface area contributed by atoms with Crippen molar-refractivity contribution in [3.63, 3.8) is 0 Å². The number of thiophene rings is 1. The van der Waals surface area contributed by atoms with Crippen LogP contribution in [0.25, 0.3) is 10.9 Å². The molecule has 1 aliphatic heterocycles. The summed E-state index contributed by atoms with van der Waals surface area (Å²) in [6.07, 6.45) is 0.448. The van der Waals surface area contributed by atoms with Crippen molar-refractivity contribution in [2.24, 2.45) is 5.10 Å². The van der Waals surface area contributed by atoms with Gasteiger partial charge in [0.1, 0.15) is 16.7 Å². The summed E-state index contributed by atoms with van der Waals surface area (Å²) in [5.41, 5.74) is 2.05. The van der Waals surface area contributed by atoms with Gasteiger partial charge in [-0.1, -0.05) is 29.8 Å². The van der Waals surface area contributed by atoms with Crippen LogP contribution in [0.5, 0.6) is 5.75 Å².